The van der Waals surface area contributed by atoms with Gasteiger partial charge in [-0.05, 0) is 33.8 Å². The average Bonchev–Trinajstić information content (AvgIpc) is 2.87. The molecule has 1 fully saturated rings. The van der Waals surface area contributed by atoms with Crippen LogP contribution in [-0.2, 0) is 9.31 Å². The molecule has 7 heteroatoms. The summed E-state index contributed by atoms with van der Waals surface area (Å²) >= 11 is 6.13. The number of rotatable bonds is 2. The van der Waals surface area contributed by atoms with Crippen molar-refractivity contribution in [2.24, 2.45) is 0 Å². The van der Waals surface area contributed by atoms with Crippen LogP contribution in [-0.4, -0.2) is 35.0 Å². The van der Waals surface area contributed by atoms with Gasteiger partial charge >= 0.3 is 7.12 Å². The van der Waals surface area contributed by atoms with Gasteiger partial charge in [0.15, 0.2) is 0 Å². The van der Waals surface area contributed by atoms with Gasteiger partial charge in [0, 0.05) is 11.7 Å². The summed E-state index contributed by atoms with van der Waals surface area (Å²) < 4.78 is 19.2. The highest BCUT2D eigenvalue weighted by atomic mass is 35.5. The van der Waals surface area contributed by atoms with Crippen molar-refractivity contribution in [3.05, 3.63) is 23.5 Å². The van der Waals surface area contributed by atoms with E-state index in [0.717, 1.165) is 11.0 Å². The summed E-state index contributed by atoms with van der Waals surface area (Å²) in [5.41, 5.74) is 0.806. The van der Waals surface area contributed by atoms with E-state index >= 15 is 0 Å². The van der Waals surface area contributed by atoms with E-state index in [2.05, 4.69) is 5.10 Å². The molecule has 0 atom stereocenters. The lowest BCUT2D eigenvalue weighted by Gasteiger charge is -2.32. The van der Waals surface area contributed by atoms with Crippen molar-refractivity contribution in [1.82, 2.24) is 9.61 Å². The Morgan fingerprint density at radius 3 is 2.43 bits per heavy atom. The molecule has 1 aliphatic rings. The molecule has 21 heavy (non-hydrogen) atoms. The molecule has 2 aromatic rings. The Bertz CT molecular complexity index is 683. The molecule has 2 aromatic heterocycles. The standard InChI is InChI=1S/C14H18BClN2O3/c1-13(2)14(3,4)21-15(20-13)9-6-11(19-5)12-10(16)7-17-18(12)8-9/h6-8H,1-5H3. The second-order valence-electron chi connectivity index (χ2n) is 6.22. The van der Waals surface area contributed by atoms with Gasteiger partial charge in [-0.2, -0.15) is 5.10 Å². The number of pyridine rings is 1. The maximum absolute atomic E-state index is 6.13. The first-order chi connectivity index (χ1) is 9.75. The van der Waals surface area contributed by atoms with Gasteiger partial charge in [-0.15, -0.1) is 0 Å². The highest BCUT2D eigenvalue weighted by molar-refractivity contribution is 6.62. The number of fused-ring (bicyclic) bond motifs is 1. The molecule has 0 spiro atoms. The maximum Gasteiger partial charge on any atom is 0.496 e. The van der Waals surface area contributed by atoms with Crippen molar-refractivity contribution in [2.45, 2.75) is 38.9 Å². The van der Waals surface area contributed by atoms with Crippen LogP contribution in [0.25, 0.3) is 5.52 Å². The molecule has 0 saturated carbocycles. The second-order valence-corrected chi connectivity index (χ2v) is 6.62. The van der Waals surface area contributed by atoms with Crippen LogP contribution < -0.4 is 10.2 Å². The van der Waals surface area contributed by atoms with Gasteiger partial charge in [0.1, 0.15) is 11.3 Å². The Balaban J connectivity index is 2.06. The lowest BCUT2D eigenvalue weighted by molar-refractivity contribution is 0.00578. The third-order valence-corrected chi connectivity index (χ3v) is 4.58. The predicted octanol–water partition coefficient (Wildman–Crippen LogP) is 2.30. The molecule has 0 unspecified atom stereocenters. The number of nitrogens with zero attached hydrogens (tertiary/aromatic N) is 2. The molecule has 112 valence electrons. The molecule has 3 heterocycles. The number of methoxy groups -OCH3 is 1. The first-order valence-corrected chi connectivity index (χ1v) is 7.19. The van der Waals surface area contributed by atoms with Crippen LogP contribution >= 0.6 is 11.6 Å². The topological polar surface area (TPSA) is 45.0 Å². The highest BCUT2D eigenvalue weighted by Crippen LogP contribution is 2.37. The maximum atomic E-state index is 6.13. The molecular weight excluding hydrogens is 290 g/mol. The Labute approximate surface area is 129 Å². The summed E-state index contributed by atoms with van der Waals surface area (Å²) in [6.45, 7) is 8.09. The van der Waals surface area contributed by atoms with Crippen molar-refractivity contribution >= 4 is 29.7 Å². The minimum absolute atomic E-state index is 0.387. The van der Waals surface area contributed by atoms with Crippen LogP contribution in [0.15, 0.2) is 18.5 Å². The Hall–Kier alpha value is -1.24. The SMILES string of the molecule is COc1cc(B2OC(C)(C)C(C)(C)O2)cn2ncc(Cl)c12. The Morgan fingerprint density at radius 1 is 1.24 bits per heavy atom. The smallest absolute Gasteiger partial charge is 0.494 e. The van der Waals surface area contributed by atoms with Gasteiger partial charge in [0.05, 0.1) is 29.5 Å². The fourth-order valence-corrected chi connectivity index (χ4v) is 2.55. The molecule has 5 nitrogen and oxygen atoms in total. The third kappa shape index (κ3) is 2.22. The van der Waals surface area contributed by atoms with Crippen LogP contribution in [0, 0.1) is 0 Å². The Morgan fingerprint density at radius 2 is 1.86 bits per heavy atom. The molecule has 1 aliphatic heterocycles. The minimum atomic E-state index is -0.462. The zero-order chi connectivity index (χ0) is 15.4. The van der Waals surface area contributed by atoms with E-state index in [1.807, 2.05) is 40.0 Å². The van der Waals surface area contributed by atoms with Gasteiger partial charge in [0.25, 0.3) is 0 Å². The summed E-state index contributed by atoms with van der Waals surface area (Å²) in [7, 11) is 1.14. The largest absolute Gasteiger partial charge is 0.496 e. The van der Waals surface area contributed by atoms with Crippen molar-refractivity contribution in [1.29, 1.82) is 0 Å². The highest BCUT2D eigenvalue weighted by Gasteiger charge is 2.52. The van der Waals surface area contributed by atoms with Gasteiger partial charge in [-0.3, -0.25) is 0 Å². The van der Waals surface area contributed by atoms with Gasteiger partial charge in [-0.1, -0.05) is 11.6 Å². The first-order valence-electron chi connectivity index (χ1n) is 6.81. The summed E-state index contributed by atoms with van der Waals surface area (Å²) in [6.07, 6.45) is 3.44. The monoisotopic (exact) mass is 308 g/mol. The van der Waals surface area contributed by atoms with E-state index in [0.29, 0.717) is 10.8 Å². The lowest BCUT2D eigenvalue weighted by atomic mass is 9.80. The quantitative estimate of drug-likeness (QED) is 0.799. The molecule has 0 bridgehead atoms. The number of ether oxygens (including phenoxy) is 1. The Kier molecular flexibility index (Phi) is 3.24. The van der Waals surface area contributed by atoms with E-state index in [-0.39, 0.29) is 11.2 Å². The van der Waals surface area contributed by atoms with Crippen molar-refractivity contribution in [2.75, 3.05) is 7.11 Å². The van der Waals surface area contributed by atoms with Crippen molar-refractivity contribution in [3.63, 3.8) is 0 Å². The van der Waals surface area contributed by atoms with Gasteiger partial charge < -0.3 is 14.0 Å². The number of aromatic nitrogens is 2. The summed E-state index contributed by atoms with van der Waals surface area (Å²) in [4.78, 5) is 0. The molecule has 0 aliphatic carbocycles. The number of halogens is 1. The molecule has 0 radical (unpaired) electrons. The zero-order valence-electron chi connectivity index (χ0n) is 12.8. The van der Waals surface area contributed by atoms with Crippen LogP contribution in [0.2, 0.25) is 5.02 Å². The fraction of sp³-hybridized carbons (Fsp3) is 0.500. The van der Waals surface area contributed by atoms with E-state index in [9.17, 15) is 0 Å². The molecule has 0 aromatic carbocycles. The van der Waals surface area contributed by atoms with Crippen LogP contribution in [0.1, 0.15) is 27.7 Å². The fourth-order valence-electron chi connectivity index (χ4n) is 2.33. The normalized spacial score (nSPS) is 20.2. The van der Waals surface area contributed by atoms with Crippen LogP contribution in [0.5, 0.6) is 5.75 Å². The third-order valence-electron chi connectivity index (χ3n) is 4.30. The van der Waals surface area contributed by atoms with Gasteiger partial charge in [-0.25, -0.2) is 4.52 Å². The first kappa shape index (κ1) is 14.7. The van der Waals surface area contributed by atoms with E-state index in [4.69, 9.17) is 25.6 Å². The summed E-state index contributed by atoms with van der Waals surface area (Å²) in [5, 5.41) is 4.77. The minimum Gasteiger partial charge on any atom is -0.494 e. The van der Waals surface area contributed by atoms with Crippen molar-refractivity contribution < 1.29 is 14.0 Å². The van der Waals surface area contributed by atoms with Crippen LogP contribution in [0.3, 0.4) is 0 Å². The summed E-state index contributed by atoms with van der Waals surface area (Å²) in [6, 6.07) is 1.88. The molecule has 3 rings (SSSR count). The average molecular weight is 309 g/mol. The van der Waals surface area contributed by atoms with Crippen molar-refractivity contribution in [3.8, 4) is 5.75 Å². The van der Waals surface area contributed by atoms with Crippen LogP contribution in [0.4, 0.5) is 0 Å². The van der Waals surface area contributed by atoms with E-state index < -0.39 is 7.12 Å². The zero-order valence-corrected chi connectivity index (χ0v) is 13.6. The molecule has 0 N–H and O–H groups in total. The lowest BCUT2D eigenvalue weighted by Crippen LogP contribution is -2.41. The number of hydrogen-bond donors (Lipinski definition) is 0. The number of hydrogen-bond acceptors (Lipinski definition) is 4. The predicted molar refractivity (Wildman–Crippen MR) is 82.5 cm³/mol. The van der Waals surface area contributed by atoms with Gasteiger partial charge in [0.2, 0.25) is 0 Å². The summed E-state index contributed by atoms with van der Waals surface area (Å²) in [5.74, 6) is 0.643. The van der Waals surface area contributed by atoms with E-state index in [1.165, 1.54) is 0 Å². The second kappa shape index (κ2) is 4.63. The molecule has 1 saturated heterocycles. The molecular formula is C14H18BClN2O3. The molecule has 0 amide bonds. The van der Waals surface area contributed by atoms with E-state index in [1.54, 1.807) is 17.8 Å².